The topological polar surface area (TPSA) is 86.7 Å². The van der Waals surface area contributed by atoms with Crippen LogP contribution in [0.5, 0.6) is 0 Å². The van der Waals surface area contributed by atoms with Crippen LogP contribution in [0.2, 0.25) is 0 Å². The number of carboxylic acids is 1. The first-order valence-electron chi connectivity index (χ1n) is 8.08. The molecule has 1 aliphatic heterocycles. The van der Waals surface area contributed by atoms with Crippen molar-refractivity contribution in [2.45, 2.75) is 33.7 Å². The van der Waals surface area contributed by atoms with Gasteiger partial charge in [-0.1, -0.05) is 32.9 Å². The highest BCUT2D eigenvalue weighted by Gasteiger charge is 2.31. The molecule has 1 saturated heterocycles. The summed E-state index contributed by atoms with van der Waals surface area (Å²) in [5.74, 6) is -1.50. The van der Waals surface area contributed by atoms with Gasteiger partial charge in [-0.2, -0.15) is 0 Å². The molecule has 0 bridgehead atoms. The monoisotopic (exact) mass is 332 g/mol. The van der Waals surface area contributed by atoms with Crippen molar-refractivity contribution in [1.29, 1.82) is 0 Å². The minimum absolute atomic E-state index is 0.0283. The van der Waals surface area contributed by atoms with E-state index in [0.29, 0.717) is 25.1 Å². The average molecular weight is 332 g/mol. The van der Waals surface area contributed by atoms with Gasteiger partial charge in [0.2, 0.25) is 5.91 Å². The number of nitrogens with one attached hydrogen (secondary N) is 1. The van der Waals surface area contributed by atoms with E-state index in [9.17, 15) is 14.4 Å². The lowest BCUT2D eigenvalue weighted by molar-refractivity contribution is -0.141. The van der Waals surface area contributed by atoms with Crippen molar-refractivity contribution in [2.75, 3.05) is 13.1 Å². The summed E-state index contributed by atoms with van der Waals surface area (Å²) in [5.41, 5.74) is 1.01. The fourth-order valence-electron chi connectivity index (χ4n) is 2.54. The zero-order chi connectivity index (χ0) is 17.9. The second kappa shape index (κ2) is 7.03. The zero-order valence-corrected chi connectivity index (χ0v) is 14.3. The standard InChI is InChI=1S/C18H24N2O4/c1-18(2,3)17(24)19-10-12-4-6-13(7-5-12)15(21)20-9-8-14(11-20)16(22)23/h4-7,14H,8-11H2,1-3H3,(H,19,24)(H,22,23). The van der Waals surface area contributed by atoms with Crippen molar-refractivity contribution in [1.82, 2.24) is 10.2 Å². The largest absolute Gasteiger partial charge is 0.481 e. The molecule has 1 unspecified atom stereocenters. The normalized spacial score (nSPS) is 17.6. The Morgan fingerprint density at radius 1 is 1.21 bits per heavy atom. The third kappa shape index (κ3) is 4.34. The second-order valence-electron chi connectivity index (χ2n) is 7.20. The molecule has 0 aliphatic carbocycles. The van der Waals surface area contributed by atoms with Crippen molar-refractivity contribution in [3.05, 3.63) is 35.4 Å². The van der Waals surface area contributed by atoms with Crippen LogP contribution < -0.4 is 5.32 Å². The molecule has 6 heteroatoms. The molecule has 1 aliphatic rings. The molecule has 1 aromatic rings. The lowest BCUT2D eigenvalue weighted by Crippen LogP contribution is -2.34. The highest BCUT2D eigenvalue weighted by molar-refractivity contribution is 5.94. The quantitative estimate of drug-likeness (QED) is 0.881. The van der Waals surface area contributed by atoms with Gasteiger partial charge in [-0.05, 0) is 24.1 Å². The van der Waals surface area contributed by atoms with Gasteiger partial charge in [0, 0.05) is 30.6 Å². The predicted octanol–water partition coefficient (Wildman–Crippen LogP) is 1.90. The molecule has 0 saturated carbocycles. The zero-order valence-electron chi connectivity index (χ0n) is 14.3. The third-order valence-electron chi connectivity index (χ3n) is 4.16. The van der Waals surface area contributed by atoms with E-state index in [4.69, 9.17) is 5.11 Å². The van der Waals surface area contributed by atoms with Gasteiger partial charge >= 0.3 is 5.97 Å². The number of nitrogens with zero attached hydrogens (tertiary/aromatic N) is 1. The van der Waals surface area contributed by atoms with E-state index in [1.54, 1.807) is 29.2 Å². The molecule has 2 amide bonds. The highest BCUT2D eigenvalue weighted by Crippen LogP contribution is 2.19. The van der Waals surface area contributed by atoms with Crippen molar-refractivity contribution in [2.24, 2.45) is 11.3 Å². The second-order valence-corrected chi connectivity index (χ2v) is 7.20. The van der Waals surface area contributed by atoms with Crippen molar-refractivity contribution in [3.8, 4) is 0 Å². The van der Waals surface area contributed by atoms with Crippen LogP contribution in [0.1, 0.15) is 43.1 Å². The molecule has 130 valence electrons. The number of rotatable bonds is 4. The number of carbonyl (C=O) groups excluding carboxylic acids is 2. The van der Waals surface area contributed by atoms with Crippen LogP contribution in [-0.4, -0.2) is 40.9 Å². The predicted molar refractivity (Wildman–Crippen MR) is 89.4 cm³/mol. The molecule has 0 spiro atoms. The van der Waals surface area contributed by atoms with E-state index in [0.717, 1.165) is 5.56 Å². The smallest absolute Gasteiger partial charge is 0.308 e. The van der Waals surface area contributed by atoms with E-state index < -0.39 is 17.3 Å². The SMILES string of the molecule is CC(C)(C)C(=O)NCc1ccc(C(=O)N2CCC(C(=O)O)C2)cc1. The van der Waals surface area contributed by atoms with Gasteiger partial charge in [-0.25, -0.2) is 0 Å². The van der Waals surface area contributed by atoms with Gasteiger partial charge in [-0.3, -0.25) is 14.4 Å². The summed E-state index contributed by atoms with van der Waals surface area (Å²) in [5, 5.41) is 11.9. The maximum atomic E-state index is 12.4. The highest BCUT2D eigenvalue weighted by atomic mass is 16.4. The number of likely N-dealkylation sites (tertiary alicyclic amines) is 1. The first-order valence-corrected chi connectivity index (χ1v) is 8.08. The lowest BCUT2D eigenvalue weighted by atomic mass is 9.95. The Bertz CT molecular complexity index is 631. The Morgan fingerprint density at radius 3 is 2.33 bits per heavy atom. The Labute approximate surface area is 141 Å². The minimum Gasteiger partial charge on any atom is -0.481 e. The Hall–Kier alpha value is -2.37. The molecule has 2 rings (SSSR count). The van der Waals surface area contributed by atoms with Gasteiger partial charge in [0.1, 0.15) is 0 Å². The average Bonchev–Trinajstić information content (AvgIpc) is 3.01. The van der Waals surface area contributed by atoms with Crippen LogP contribution in [0.3, 0.4) is 0 Å². The molecule has 0 radical (unpaired) electrons. The summed E-state index contributed by atoms with van der Waals surface area (Å²) in [7, 11) is 0. The molecule has 0 aromatic heterocycles. The van der Waals surface area contributed by atoms with Crippen LogP contribution in [0.4, 0.5) is 0 Å². The summed E-state index contributed by atoms with van der Waals surface area (Å²) in [4.78, 5) is 36.8. The maximum absolute atomic E-state index is 12.4. The maximum Gasteiger partial charge on any atom is 0.308 e. The summed E-state index contributed by atoms with van der Waals surface area (Å²) >= 11 is 0. The molecule has 2 N–H and O–H groups in total. The molecular formula is C18H24N2O4. The van der Waals surface area contributed by atoms with Crippen molar-refractivity contribution >= 4 is 17.8 Å². The number of hydrogen-bond acceptors (Lipinski definition) is 3. The summed E-state index contributed by atoms with van der Waals surface area (Å²) < 4.78 is 0. The van der Waals surface area contributed by atoms with Gasteiger partial charge in [0.15, 0.2) is 0 Å². The van der Waals surface area contributed by atoms with E-state index in [-0.39, 0.29) is 18.4 Å². The summed E-state index contributed by atoms with van der Waals surface area (Å²) in [6.07, 6.45) is 0.498. The lowest BCUT2D eigenvalue weighted by Gasteiger charge is -2.18. The van der Waals surface area contributed by atoms with Crippen molar-refractivity contribution < 1.29 is 19.5 Å². The molecule has 1 aromatic carbocycles. The number of aliphatic carboxylic acids is 1. The Balaban J connectivity index is 1.93. The van der Waals surface area contributed by atoms with E-state index >= 15 is 0 Å². The molecule has 1 atom stereocenters. The first kappa shape index (κ1) is 18.0. The number of benzene rings is 1. The van der Waals surface area contributed by atoms with E-state index in [2.05, 4.69) is 5.32 Å². The van der Waals surface area contributed by atoms with E-state index in [1.165, 1.54) is 0 Å². The van der Waals surface area contributed by atoms with Gasteiger partial charge in [0.05, 0.1) is 5.92 Å². The van der Waals surface area contributed by atoms with Gasteiger partial charge in [-0.15, -0.1) is 0 Å². The van der Waals surface area contributed by atoms with Gasteiger partial charge in [0.25, 0.3) is 5.91 Å². The summed E-state index contributed by atoms with van der Waals surface area (Å²) in [6, 6.07) is 7.05. The van der Waals surface area contributed by atoms with Gasteiger partial charge < -0.3 is 15.3 Å². The summed E-state index contributed by atoms with van der Waals surface area (Å²) in [6.45, 7) is 6.70. The van der Waals surface area contributed by atoms with Crippen LogP contribution in [0.15, 0.2) is 24.3 Å². The molecule has 24 heavy (non-hydrogen) atoms. The first-order chi connectivity index (χ1) is 11.2. The van der Waals surface area contributed by atoms with Crippen LogP contribution in [0, 0.1) is 11.3 Å². The third-order valence-corrected chi connectivity index (χ3v) is 4.16. The number of carbonyl (C=O) groups is 3. The van der Waals surface area contributed by atoms with Crippen LogP contribution >= 0.6 is 0 Å². The molecule has 1 fully saturated rings. The Kier molecular flexibility index (Phi) is 5.26. The van der Waals surface area contributed by atoms with E-state index in [1.807, 2.05) is 20.8 Å². The molecule has 6 nitrogen and oxygen atoms in total. The number of amides is 2. The fourth-order valence-corrected chi connectivity index (χ4v) is 2.54. The fraction of sp³-hybridized carbons (Fsp3) is 0.500. The minimum atomic E-state index is -0.852. The molecule has 1 heterocycles. The van der Waals surface area contributed by atoms with Crippen molar-refractivity contribution in [3.63, 3.8) is 0 Å². The van der Waals surface area contributed by atoms with Crippen LogP contribution in [-0.2, 0) is 16.1 Å². The number of carboxylic acid groups (broad SMARTS) is 1. The number of hydrogen-bond donors (Lipinski definition) is 2. The molecular weight excluding hydrogens is 308 g/mol. The van der Waals surface area contributed by atoms with Crippen LogP contribution in [0.25, 0.3) is 0 Å². The Morgan fingerprint density at radius 2 is 1.83 bits per heavy atom.